The van der Waals surface area contributed by atoms with Crippen LogP contribution < -0.4 is 5.32 Å². The lowest BCUT2D eigenvalue weighted by Crippen LogP contribution is -2.22. The molecule has 1 aromatic heterocycles. The first-order valence-electron chi connectivity index (χ1n) is 6.50. The van der Waals surface area contributed by atoms with E-state index in [4.69, 9.17) is 4.74 Å². The molecule has 23 heavy (non-hydrogen) atoms. The van der Waals surface area contributed by atoms with Crippen LogP contribution in [0.3, 0.4) is 0 Å². The molecule has 124 valence electrons. The quantitative estimate of drug-likeness (QED) is 0.834. The Morgan fingerprint density at radius 1 is 1.26 bits per heavy atom. The van der Waals surface area contributed by atoms with Crippen LogP contribution in [0.25, 0.3) is 0 Å². The van der Waals surface area contributed by atoms with Crippen LogP contribution in [0.15, 0.2) is 29.2 Å². The summed E-state index contributed by atoms with van der Waals surface area (Å²) in [7, 11) is 0.926. The van der Waals surface area contributed by atoms with Crippen LogP contribution in [-0.4, -0.2) is 50.0 Å². The topological polar surface area (TPSA) is 101 Å². The van der Waals surface area contributed by atoms with Crippen molar-refractivity contribution in [1.82, 2.24) is 14.5 Å². The Morgan fingerprint density at radius 3 is 2.48 bits per heavy atom. The van der Waals surface area contributed by atoms with E-state index in [9.17, 15) is 13.2 Å². The second-order valence-corrected chi connectivity index (χ2v) is 7.91. The molecule has 1 heterocycles. The Labute approximate surface area is 138 Å². The molecule has 0 spiro atoms. The van der Waals surface area contributed by atoms with Gasteiger partial charge in [0.15, 0.2) is 0 Å². The zero-order valence-corrected chi connectivity index (χ0v) is 14.4. The second kappa shape index (κ2) is 7.13. The maximum absolute atomic E-state index is 12.1. The molecule has 0 bridgehead atoms. The van der Waals surface area contributed by atoms with Crippen molar-refractivity contribution in [3.05, 3.63) is 34.8 Å². The van der Waals surface area contributed by atoms with Gasteiger partial charge >= 0.3 is 0 Å². The fourth-order valence-corrected chi connectivity index (χ4v) is 3.25. The number of sulfonamides is 1. The molecule has 0 saturated carbocycles. The van der Waals surface area contributed by atoms with E-state index in [0.717, 1.165) is 4.31 Å². The van der Waals surface area contributed by atoms with Gasteiger partial charge in [-0.3, -0.25) is 10.1 Å². The first-order chi connectivity index (χ1) is 10.8. The highest BCUT2D eigenvalue weighted by atomic mass is 32.2. The number of carbonyl (C=O) groups excluding carboxylic acids is 1. The highest BCUT2D eigenvalue weighted by Gasteiger charge is 2.18. The highest BCUT2D eigenvalue weighted by Crippen LogP contribution is 2.18. The lowest BCUT2D eigenvalue weighted by Gasteiger charge is -2.11. The number of amides is 1. The number of anilines is 1. The molecule has 0 aliphatic carbocycles. The van der Waals surface area contributed by atoms with E-state index in [0.29, 0.717) is 22.3 Å². The number of methoxy groups -OCH3 is 1. The van der Waals surface area contributed by atoms with Gasteiger partial charge in [-0.2, -0.15) is 0 Å². The minimum absolute atomic E-state index is 0.123. The van der Waals surface area contributed by atoms with Gasteiger partial charge in [0, 0.05) is 26.8 Å². The fraction of sp³-hybridized carbons (Fsp3) is 0.308. The average Bonchev–Trinajstić information content (AvgIpc) is 2.94. The molecule has 2 aromatic rings. The molecule has 1 N–H and O–H groups in total. The van der Waals surface area contributed by atoms with Gasteiger partial charge < -0.3 is 4.74 Å². The molecule has 0 fully saturated rings. The summed E-state index contributed by atoms with van der Waals surface area (Å²) in [5.41, 5.74) is 0.325. The van der Waals surface area contributed by atoms with Gasteiger partial charge in [0.05, 0.1) is 4.90 Å². The Balaban J connectivity index is 2.11. The Kier molecular flexibility index (Phi) is 5.42. The van der Waals surface area contributed by atoms with Gasteiger partial charge in [-0.05, 0) is 24.3 Å². The van der Waals surface area contributed by atoms with Gasteiger partial charge in [-0.1, -0.05) is 11.3 Å². The first-order valence-corrected chi connectivity index (χ1v) is 8.75. The van der Waals surface area contributed by atoms with Crippen molar-refractivity contribution in [2.45, 2.75) is 11.5 Å². The van der Waals surface area contributed by atoms with E-state index in [1.165, 1.54) is 49.7 Å². The third kappa shape index (κ3) is 4.10. The largest absolute Gasteiger partial charge is 0.377 e. The summed E-state index contributed by atoms with van der Waals surface area (Å²) in [6.07, 6.45) is 0. The van der Waals surface area contributed by atoms with Crippen molar-refractivity contribution in [2.24, 2.45) is 0 Å². The van der Waals surface area contributed by atoms with Crippen LogP contribution in [0.2, 0.25) is 0 Å². The summed E-state index contributed by atoms with van der Waals surface area (Å²) in [6, 6.07) is 5.67. The van der Waals surface area contributed by atoms with Crippen LogP contribution in [0.1, 0.15) is 15.4 Å². The maximum Gasteiger partial charge on any atom is 0.257 e. The smallest absolute Gasteiger partial charge is 0.257 e. The second-order valence-electron chi connectivity index (χ2n) is 4.70. The average molecular weight is 356 g/mol. The predicted octanol–water partition coefficient (Wildman–Crippen LogP) is 1.19. The van der Waals surface area contributed by atoms with E-state index < -0.39 is 10.0 Å². The number of rotatable bonds is 6. The molecule has 0 unspecified atom stereocenters. The van der Waals surface area contributed by atoms with E-state index in [1.807, 2.05) is 0 Å². The van der Waals surface area contributed by atoms with Gasteiger partial charge in [0.1, 0.15) is 11.6 Å². The van der Waals surface area contributed by atoms with E-state index >= 15 is 0 Å². The SMILES string of the molecule is COCc1nnc(NC(=O)c2ccc(S(=O)(=O)N(C)C)cc2)s1. The standard InChI is InChI=1S/C13H16N4O4S2/c1-17(2)23(19,20)10-6-4-9(5-7-10)12(18)14-13-16-15-11(22-13)8-21-3/h4-7H,8H2,1-3H3,(H,14,16,18). The van der Waals surface area contributed by atoms with Crippen LogP contribution in [0, 0.1) is 0 Å². The lowest BCUT2D eigenvalue weighted by molar-refractivity contribution is 0.102. The van der Waals surface area contributed by atoms with E-state index in [2.05, 4.69) is 15.5 Å². The minimum Gasteiger partial charge on any atom is -0.377 e. The fourth-order valence-electron chi connectivity index (χ4n) is 1.64. The van der Waals surface area contributed by atoms with Crippen molar-refractivity contribution < 1.29 is 17.9 Å². The summed E-state index contributed by atoms with van der Waals surface area (Å²) in [4.78, 5) is 12.2. The van der Waals surface area contributed by atoms with E-state index in [-0.39, 0.29) is 10.8 Å². The molecule has 0 saturated heterocycles. The molecule has 2 rings (SSSR count). The zero-order chi connectivity index (χ0) is 17.0. The molecule has 0 radical (unpaired) electrons. The molecule has 0 aliphatic heterocycles. The van der Waals surface area contributed by atoms with Gasteiger partial charge in [0.2, 0.25) is 15.2 Å². The number of benzene rings is 1. The van der Waals surface area contributed by atoms with Crippen molar-refractivity contribution >= 4 is 32.4 Å². The molecule has 0 aliphatic rings. The number of ether oxygens (including phenoxy) is 1. The third-order valence-electron chi connectivity index (χ3n) is 2.85. The number of hydrogen-bond donors (Lipinski definition) is 1. The minimum atomic E-state index is -3.51. The molecule has 1 amide bonds. The molecular weight excluding hydrogens is 340 g/mol. The number of nitrogens with zero attached hydrogens (tertiary/aromatic N) is 3. The third-order valence-corrected chi connectivity index (χ3v) is 5.49. The van der Waals surface area contributed by atoms with Crippen LogP contribution in [0.4, 0.5) is 5.13 Å². The molecule has 0 atom stereocenters. The zero-order valence-electron chi connectivity index (χ0n) is 12.8. The Bertz CT molecular complexity index is 785. The number of aromatic nitrogens is 2. The summed E-state index contributed by atoms with van der Waals surface area (Å²) in [6.45, 7) is 0.324. The molecule has 8 nitrogen and oxygen atoms in total. The molecule has 1 aromatic carbocycles. The van der Waals surface area contributed by atoms with Gasteiger partial charge in [-0.25, -0.2) is 12.7 Å². The summed E-state index contributed by atoms with van der Waals surface area (Å²) < 4.78 is 30.0. The van der Waals surface area contributed by atoms with Crippen molar-refractivity contribution in [2.75, 3.05) is 26.5 Å². The van der Waals surface area contributed by atoms with Crippen molar-refractivity contribution in [3.8, 4) is 0 Å². The lowest BCUT2D eigenvalue weighted by atomic mass is 10.2. The first kappa shape index (κ1) is 17.5. The summed E-state index contributed by atoms with van der Waals surface area (Å²) in [5, 5.41) is 11.3. The summed E-state index contributed by atoms with van der Waals surface area (Å²) in [5.74, 6) is -0.390. The highest BCUT2D eigenvalue weighted by molar-refractivity contribution is 7.89. The Morgan fingerprint density at radius 2 is 1.91 bits per heavy atom. The molecule has 10 heteroatoms. The van der Waals surface area contributed by atoms with Crippen molar-refractivity contribution in [3.63, 3.8) is 0 Å². The maximum atomic E-state index is 12.1. The normalized spacial score (nSPS) is 11.7. The predicted molar refractivity (Wildman–Crippen MR) is 85.9 cm³/mol. The monoisotopic (exact) mass is 356 g/mol. The van der Waals surface area contributed by atoms with Crippen LogP contribution >= 0.6 is 11.3 Å². The van der Waals surface area contributed by atoms with Crippen LogP contribution in [0.5, 0.6) is 0 Å². The van der Waals surface area contributed by atoms with E-state index in [1.54, 1.807) is 7.11 Å². The number of nitrogens with one attached hydrogen (secondary N) is 1. The number of hydrogen-bond acceptors (Lipinski definition) is 7. The van der Waals surface area contributed by atoms with Crippen LogP contribution in [-0.2, 0) is 21.4 Å². The van der Waals surface area contributed by atoms with Crippen molar-refractivity contribution in [1.29, 1.82) is 0 Å². The Hall–Kier alpha value is -1.88. The van der Waals surface area contributed by atoms with Gasteiger partial charge in [-0.15, -0.1) is 10.2 Å². The van der Waals surface area contributed by atoms with Gasteiger partial charge in [0.25, 0.3) is 5.91 Å². The summed E-state index contributed by atoms with van der Waals surface area (Å²) >= 11 is 1.21. The molecular formula is C13H16N4O4S2. The number of carbonyl (C=O) groups is 1.